The maximum Gasteiger partial charge on any atom is 0.323 e. The number of piperidine rings is 1. The molecular weight excluding hydrogens is 326 g/mol. The Balaban J connectivity index is 2.17. The quantitative estimate of drug-likeness (QED) is 0.645. The molecule has 1 aliphatic heterocycles. The molecule has 1 N–H and O–H groups in total. The normalized spacial score (nSPS) is 20.9. The second kappa shape index (κ2) is 6.83. The van der Waals surface area contributed by atoms with E-state index in [-0.39, 0.29) is 24.4 Å². The zero-order chi connectivity index (χ0) is 18.1. The molecule has 1 saturated heterocycles. The van der Waals surface area contributed by atoms with Crippen LogP contribution in [0.25, 0.3) is 11.0 Å². The summed E-state index contributed by atoms with van der Waals surface area (Å²) in [6.07, 6.45) is 1.15. The van der Waals surface area contributed by atoms with Gasteiger partial charge in [-0.3, -0.25) is 10.1 Å². The van der Waals surface area contributed by atoms with Crippen molar-refractivity contribution in [2.45, 2.75) is 20.3 Å². The Morgan fingerprint density at radius 3 is 2.60 bits per heavy atom. The van der Waals surface area contributed by atoms with Crippen LogP contribution in [0.15, 0.2) is 10.7 Å². The van der Waals surface area contributed by atoms with E-state index in [9.17, 15) is 15.2 Å². The van der Waals surface area contributed by atoms with Crippen molar-refractivity contribution in [2.75, 3.05) is 43.1 Å². The molecule has 3 rings (SSSR count). The first-order valence-electron chi connectivity index (χ1n) is 8.43. The number of likely N-dealkylation sites (N-methyl/N-ethyl adjacent to an activating group) is 1. The van der Waals surface area contributed by atoms with Crippen molar-refractivity contribution in [3.05, 3.63) is 16.2 Å². The fraction of sp³-hybridized carbons (Fsp3) is 0.625. The summed E-state index contributed by atoms with van der Waals surface area (Å²) in [6, 6.07) is 1.77. The molecule has 0 spiro atoms. The van der Waals surface area contributed by atoms with Gasteiger partial charge in [-0.25, -0.2) is 4.63 Å². The van der Waals surface area contributed by atoms with Crippen molar-refractivity contribution in [3.8, 4) is 0 Å². The van der Waals surface area contributed by atoms with Gasteiger partial charge in [-0.1, -0.05) is 13.8 Å². The fourth-order valence-corrected chi connectivity index (χ4v) is 3.74. The molecule has 0 unspecified atom stereocenters. The van der Waals surface area contributed by atoms with E-state index < -0.39 is 4.92 Å². The molecule has 0 bridgehead atoms. The number of anilines is 2. The van der Waals surface area contributed by atoms with E-state index >= 15 is 0 Å². The predicted octanol–water partition coefficient (Wildman–Crippen LogP) is 2.04. The van der Waals surface area contributed by atoms with Gasteiger partial charge >= 0.3 is 5.69 Å². The Hall–Kier alpha value is -2.42. The van der Waals surface area contributed by atoms with Crippen LogP contribution in [-0.4, -0.2) is 53.6 Å². The van der Waals surface area contributed by atoms with Gasteiger partial charge in [0, 0.05) is 26.7 Å². The number of aliphatic hydroxyl groups excluding tert-OH is 1. The number of hydrogen-bond acceptors (Lipinski definition) is 8. The van der Waals surface area contributed by atoms with Gasteiger partial charge in [-0.05, 0) is 34.6 Å². The lowest BCUT2D eigenvalue weighted by Crippen LogP contribution is -2.39. The Morgan fingerprint density at radius 2 is 2.00 bits per heavy atom. The second-order valence-corrected chi connectivity index (χ2v) is 6.98. The Bertz CT molecular complexity index is 767. The number of aromatic nitrogens is 2. The largest absolute Gasteiger partial charge is 0.395 e. The Labute approximate surface area is 145 Å². The van der Waals surface area contributed by atoms with Crippen LogP contribution in [0.3, 0.4) is 0 Å². The van der Waals surface area contributed by atoms with Crippen LogP contribution in [0.1, 0.15) is 20.3 Å². The van der Waals surface area contributed by atoms with Crippen LogP contribution >= 0.6 is 0 Å². The number of nitro benzene ring substituents is 1. The first kappa shape index (κ1) is 17.4. The molecule has 136 valence electrons. The first-order chi connectivity index (χ1) is 11.9. The molecule has 25 heavy (non-hydrogen) atoms. The summed E-state index contributed by atoms with van der Waals surface area (Å²) in [4.78, 5) is 15.0. The molecule has 0 aliphatic carbocycles. The van der Waals surface area contributed by atoms with E-state index in [2.05, 4.69) is 29.1 Å². The molecule has 0 saturated carbocycles. The van der Waals surface area contributed by atoms with Crippen LogP contribution in [-0.2, 0) is 0 Å². The molecule has 1 aromatic carbocycles. The van der Waals surface area contributed by atoms with Gasteiger partial charge < -0.3 is 14.9 Å². The van der Waals surface area contributed by atoms with E-state index in [1.165, 1.54) is 0 Å². The molecular formula is C16H23N5O4. The van der Waals surface area contributed by atoms with Gasteiger partial charge in [-0.15, -0.1) is 0 Å². The Kier molecular flexibility index (Phi) is 4.76. The summed E-state index contributed by atoms with van der Waals surface area (Å²) in [5.41, 5.74) is 1.61. The third kappa shape index (κ3) is 3.23. The molecule has 2 heterocycles. The van der Waals surface area contributed by atoms with Gasteiger partial charge in [0.1, 0.15) is 5.69 Å². The van der Waals surface area contributed by atoms with Crippen molar-refractivity contribution in [1.29, 1.82) is 0 Å². The SMILES string of the molecule is C[C@@H]1C[C@@H](C)CN(c2cc(N(C)CCO)c([N+](=O)[O-])c3nonc23)C1. The monoisotopic (exact) mass is 349 g/mol. The van der Waals surface area contributed by atoms with Crippen molar-refractivity contribution in [2.24, 2.45) is 11.8 Å². The standard InChI is InChI=1S/C16H23N5O4/c1-10-6-11(2)9-20(8-10)12-7-13(19(3)4-5-22)16(21(23)24)15-14(12)17-25-18-15/h7,10-11,22H,4-6,8-9H2,1-3H3/t10-,11-/m1/s1. The third-order valence-corrected chi connectivity index (χ3v) is 4.71. The minimum absolute atomic E-state index is 0.101. The number of fused-ring (bicyclic) bond motifs is 1. The highest BCUT2D eigenvalue weighted by Gasteiger charge is 2.31. The van der Waals surface area contributed by atoms with Gasteiger partial charge in [0.2, 0.25) is 5.52 Å². The van der Waals surface area contributed by atoms with Crippen molar-refractivity contribution < 1.29 is 14.7 Å². The first-order valence-corrected chi connectivity index (χ1v) is 8.43. The lowest BCUT2D eigenvalue weighted by molar-refractivity contribution is -0.382. The van der Waals surface area contributed by atoms with E-state index in [4.69, 9.17) is 4.63 Å². The number of hydrogen-bond donors (Lipinski definition) is 1. The van der Waals surface area contributed by atoms with Crippen LogP contribution in [0.5, 0.6) is 0 Å². The smallest absolute Gasteiger partial charge is 0.323 e. The number of rotatable bonds is 5. The number of nitro groups is 1. The summed E-state index contributed by atoms with van der Waals surface area (Å²) in [7, 11) is 1.71. The minimum Gasteiger partial charge on any atom is -0.395 e. The molecule has 0 radical (unpaired) electrons. The van der Waals surface area contributed by atoms with Crippen LogP contribution in [0.2, 0.25) is 0 Å². The van der Waals surface area contributed by atoms with Gasteiger partial charge in [-0.2, -0.15) is 0 Å². The molecule has 9 nitrogen and oxygen atoms in total. The highest BCUT2D eigenvalue weighted by Crippen LogP contribution is 2.41. The summed E-state index contributed by atoms with van der Waals surface area (Å²) >= 11 is 0. The average Bonchev–Trinajstić information content (AvgIpc) is 3.01. The lowest BCUT2D eigenvalue weighted by Gasteiger charge is -2.36. The third-order valence-electron chi connectivity index (χ3n) is 4.71. The summed E-state index contributed by atoms with van der Waals surface area (Å²) in [6.45, 7) is 6.29. The molecule has 1 fully saturated rings. The van der Waals surface area contributed by atoms with E-state index in [1.54, 1.807) is 18.0 Å². The molecule has 2 aromatic rings. The molecule has 9 heteroatoms. The van der Waals surface area contributed by atoms with E-state index in [0.717, 1.165) is 25.2 Å². The van der Waals surface area contributed by atoms with Crippen LogP contribution < -0.4 is 9.80 Å². The summed E-state index contributed by atoms with van der Waals surface area (Å²) in [5, 5.41) is 28.6. The predicted molar refractivity (Wildman–Crippen MR) is 94.0 cm³/mol. The van der Waals surface area contributed by atoms with Crippen molar-refractivity contribution in [1.82, 2.24) is 10.3 Å². The zero-order valence-corrected chi connectivity index (χ0v) is 14.7. The van der Waals surface area contributed by atoms with Crippen molar-refractivity contribution in [3.63, 3.8) is 0 Å². The van der Waals surface area contributed by atoms with E-state index in [1.807, 2.05) is 0 Å². The molecule has 1 aromatic heterocycles. The van der Waals surface area contributed by atoms with Gasteiger partial charge in [0.25, 0.3) is 0 Å². The molecule has 0 amide bonds. The fourth-order valence-electron chi connectivity index (χ4n) is 3.74. The summed E-state index contributed by atoms with van der Waals surface area (Å²) in [5.74, 6) is 1.04. The van der Waals surface area contributed by atoms with E-state index in [0.29, 0.717) is 23.0 Å². The topological polar surface area (TPSA) is 109 Å². The average molecular weight is 349 g/mol. The van der Waals surface area contributed by atoms with Crippen LogP contribution in [0, 0.1) is 22.0 Å². The zero-order valence-electron chi connectivity index (χ0n) is 14.7. The summed E-state index contributed by atoms with van der Waals surface area (Å²) < 4.78 is 4.84. The minimum atomic E-state index is -0.471. The number of aliphatic hydroxyl groups is 1. The van der Waals surface area contributed by atoms with Gasteiger partial charge in [0.15, 0.2) is 5.52 Å². The molecule has 2 atom stereocenters. The number of nitrogens with zero attached hydrogens (tertiary/aromatic N) is 5. The molecule has 1 aliphatic rings. The van der Waals surface area contributed by atoms with Gasteiger partial charge in [0.05, 0.1) is 17.2 Å². The number of benzene rings is 1. The Morgan fingerprint density at radius 1 is 1.36 bits per heavy atom. The van der Waals surface area contributed by atoms with Crippen LogP contribution in [0.4, 0.5) is 17.1 Å². The maximum atomic E-state index is 11.6. The highest BCUT2D eigenvalue weighted by atomic mass is 16.6. The van der Waals surface area contributed by atoms with Crippen molar-refractivity contribution >= 4 is 28.1 Å². The highest BCUT2D eigenvalue weighted by molar-refractivity contribution is 6.00. The lowest BCUT2D eigenvalue weighted by atomic mass is 9.91. The second-order valence-electron chi connectivity index (χ2n) is 6.98. The maximum absolute atomic E-state index is 11.6.